The van der Waals surface area contributed by atoms with E-state index in [-0.39, 0.29) is 6.03 Å². The van der Waals surface area contributed by atoms with Gasteiger partial charge in [0, 0.05) is 11.4 Å². The maximum absolute atomic E-state index is 12.0. The van der Waals surface area contributed by atoms with Gasteiger partial charge in [0.15, 0.2) is 0 Å². The first-order chi connectivity index (χ1) is 12.2. The number of para-hydroxylation sites is 1. The molecule has 0 unspecified atom stereocenters. The third-order valence-corrected chi connectivity index (χ3v) is 3.69. The Hall–Kier alpha value is -3.34. The molecule has 25 heavy (non-hydrogen) atoms. The number of carbonyl (C=O) groups is 1. The summed E-state index contributed by atoms with van der Waals surface area (Å²) in [6, 6.07) is 20.8. The Kier molecular flexibility index (Phi) is 5.26. The molecular formula is C20H20N4O. The summed E-state index contributed by atoms with van der Waals surface area (Å²) >= 11 is 0. The molecule has 0 radical (unpaired) electrons. The Labute approximate surface area is 147 Å². The smallest absolute Gasteiger partial charge is 0.323 e. The first kappa shape index (κ1) is 16.5. The lowest BCUT2D eigenvalue weighted by atomic mass is 10.1. The van der Waals surface area contributed by atoms with Crippen LogP contribution in [0.15, 0.2) is 72.9 Å². The highest BCUT2D eigenvalue weighted by Crippen LogP contribution is 2.17. The Morgan fingerprint density at radius 2 is 1.52 bits per heavy atom. The Bertz CT molecular complexity index is 815. The summed E-state index contributed by atoms with van der Waals surface area (Å²) in [5.74, 6) is 0.721. The average Bonchev–Trinajstić information content (AvgIpc) is 2.65. The van der Waals surface area contributed by atoms with Crippen LogP contribution in [0.3, 0.4) is 0 Å². The highest BCUT2D eigenvalue weighted by atomic mass is 16.2. The summed E-state index contributed by atoms with van der Waals surface area (Å²) in [7, 11) is 0. The van der Waals surface area contributed by atoms with Gasteiger partial charge in [-0.05, 0) is 48.4 Å². The lowest BCUT2D eigenvalue weighted by Crippen LogP contribution is -2.19. The number of aromatic nitrogens is 1. The number of aryl methyl sites for hydroxylation is 1. The summed E-state index contributed by atoms with van der Waals surface area (Å²) in [6.07, 6.45) is 2.64. The zero-order valence-electron chi connectivity index (χ0n) is 14.0. The molecule has 2 aromatic carbocycles. The minimum Gasteiger partial charge on any atom is -0.340 e. The minimum atomic E-state index is -0.302. The lowest BCUT2D eigenvalue weighted by Gasteiger charge is -2.09. The van der Waals surface area contributed by atoms with E-state index in [9.17, 15) is 4.79 Å². The molecule has 0 spiro atoms. The van der Waals surface area contributed by atoms with Gasteiger partial charge in [0.2, 0.25) is 0 Å². The fourth-order valence-corrected chi connectivity index (χ4v) is 2.33. The molecule has 3 rings (SSSR count). The maximum Gasteiger partial charge on any atom is 0.323 e. The third-order valence-electron chi connectivity index (χ3n) is 3.69. The molecule has 0 atom stereocenters. The van der Waals surface area contributed by atoms with Crippen molar-refractivity contribution in [1.29, 1.82) is 0 Å². The van der Waals surface area contributed by atoms with E-state index >= 15 is 0 Å². The van der Waals surface area contributed by atoms with E-state index in [0.717, 1.165) is 23.6 Å². The molecule has 0 bridgehead atoms. The van der Waals surface area contributed by atoms with Crippen molar-refractivity contribution >= 4 is 28.9 Å². The molecule has 0 saturated heterocycles. The number of amides is 2. The van der Waals surface area contributed by atoms with Crippen LogP contribution < -0.4 is 16.0 Å². The van der Waals surface area contributed by atoms with Crippen molar-refractivity contribution in [3.8, 4) is 0 Å². The van der Waals surface area contributed by atoms with Gasteiger partial charge in [-0.1, -0.05) is 37.3 Å². The monoisotopic (exact) mass is 332 g/mol. The first-order valence-corrected chi connectivity index (χ1v) is 8.18. The van der Waals surface area contributed by atoms with Crippen LogP contribution in [-0.4, -0.2) is 11.0 Å². The fraction of sp³-hybridized carbons (Fsp3) is 0.100. The molecule has 126 valence electrons. The van der Waals surface area contributed by atoms with Crippen LogP contribution in [0.2, 0.25) is 0 Å². The van der Waals surface area contributed by atoms with Gasteiger partial charge in [-0.15, -0.1) is 0 Å². The number of pyridine rings is 1. The number of hydrogen-bond acceptors (Lipinski definition) is 3. The number of rotatable bonds is 5. The SMILES string of the molecule is CCc1ccc(Nc2ccc(NC(=O)Nc3ccccc3)cn2)cc1. The quantitative estimate of drug-likeness (QED) is 0.614. The Morgan fingerprint density at radius 3 is 2.16 bits per heavy atom. The molecule has 0 aliphatic rings. The molecule has 5 heteroatoms. The summed E-state index contributed by atoms with van der Waals surface area (Å²) in [5.41, 5.74) is 3.64. The third kappa shape index (κ3) is 4.81. The summed E-state index contributed by atoms with van der Waals surface area (Å²) in [5, 5.41) is 8.75. The van der Waals surface area contributed by atoms with Gasteiger partial charge in [0.25, 0.3) is 0 Å². The molecule has 0 saturated carbocycles. The zero-order valence-corrected chi connectivity index (χ0v) is 14.0. The summed E-state index contributed by atoms with van der Waals surface area (Å²) in [6.45, 7) is 2.13. The van der Waals surface area contributed by atoms with Crippen molar-refractivity contribution in [2.24, 2.45) is 0 Å². The Morgan fingerprint density at radius 1 is 0.840 bits per heavy atom. The summed E-state index contributed by atoms with van der Waals surface area (Å²) < 4.78 is 0. The van der Waals surface area contributed by atoms with Crippen molar-refractivity contribution < 1.29 is 4.79 Å². The van der Waals surface area contributed by atoms with Crippen LogP contribution in [0.1, 0.15) is 12.5 Å². The van der Waals surface area contributed by atoms with E-state index in [1.807, 2.05) is 48.5 Å². The van der Waals surface area contributed by atoms with Crippen molar-refractivity contribution in [2.75, 3.05) is 16.0 Å². The van der Waals surface area contributed by atoms with Crippen molar-refractivity contribution in [1.82, 2.24) is 4.98 Å². The summed E-state index contributed by atoms with van der Waals surface area (Å²) in [4.78, 5) is 16.3. The molecule has 0 aliphatic carbocycles. The zero-order chi connectivity index (χ0) is 17.5. The van der Waals surface area contributed by atoms with Crippen LogP contribution in [0, 0.1) is 0 Å². The Balaban J connectivity index is 1.57. The largest absolute Gasteiger partial charge is 0.340 e. The van der Waals surface area contributed by atoms with Crippen LogP contribution >= 0.6 is 0 Å². The second-order valence-corrected chi connectivity index (χ2v) is 5.55. The second-order valence-electron chi connectivity index (χ2n) is 5.55. The highest BCUT2D eigenvalue weighted by Gasteiger charge is 2.03. The minimum absolute atomic E-state index is 0.302. The van der Waals surface area contributed by atoms with E-state index in [1.165, 1.54) is 5.56 Å². The average molecular weight is 332 g/mol. The number of nitrogens with one attached hydrogen (secondary N) is 3. The van der Waals surface area contributed by atoms with E-state index in [1.54, 1.807) is 12.3 Å². The second kappa shape index (κ2) is 7.97. The van der Waals surface area contributed by atoms with Crippen LogP contribution in [0.5, 0.6) is 0 Å². The van der Waals surface area contributed by atoms with Crippen LogP contribution in [-0.2, 0) is 6.42 Å². The van der Waals surface area contributed by atoms with Gasteiger partial charge in [0.05, 0.1) is 11.9 Å². The van der Waals surface area contributed by atoms with Gasteiger partial charge in [0.1, 0.15) is 5.82 Å². The predicted molar refractivity (Wildman–Crippen MR) is 102 cm³/mol. The number of hydrogen-bond donors (Lipinski definition) is 3. The van der Waals surface area contributed by atoms with Crippen molar-refractivity contribution in [3.63, 3.8) is 0 Å². The van der Waals surface area contributed by atoms with Gasteiger partial charge in [-0.25, -0.2) is 9.78 Å². The molecule has 2 amide bonds. The highest BCUT2D eigenvalue weighted by molar-refractivity contribution is 5.99. The first-order valence-electron chi connectivity index (χ1n) is 8.18. The molecule has 0 fully saturated rings. The fourth-order valence-electron chi connectivity index (χ4n) is 2.33. The molecular weight excluding hydrogens is 312 g/mol. The van der Waals surface area contributed by atoms with Crippen molar-refractivity contribution in [3.05, 3.63) is 78.5 Å². The van der Waals surface area contributed by atoms with Crippen molar-refractivity contribution in [2.45, 2.75) is 13.3 Å². The number of benzene rings is 2. The molecule has 3 N–H and O–H groups in total. The lowest BCUT2D eigenvalue weighted by molar-refractivity contribution is 0.262. The van der Waals surface area contributed by atoms with E-state index in [2.05, 4.69) is 40.0 Å². The topological polar surface area (TPSA) is 66.0 Å². The molecule has 5 nitrogen and oxygen atoms in total. The van der Waals surface area contributed by atoms with E-state index in [4.69, 9.17) is 0 Å². The number of carbonyl (C=O) groups excluding carboxylic acids is 1. The van der Waals surface area contributed by atoms with Crippen LogP contribution in [0.4, 0.5) is 27.7 Å². The van der Waals surface area contributed by atoms with E-state index < -0.39 is 0 Å². The molecule has 1 aromatic heterocycles. The van der Waals surface area contributed by atoms with Crippen LogP contribution in [0.25, 0.3) is 0 Å². The number of urea groups is 1. The standard InChI is InChI=1S/C20H20N4O/c1-2-15-8-10-17(11-9-15)22-19-13-12-18(14-21-19)24-20(25)23-16-6-4-3-5-7-16/h3-14H,2H2,1H3,(H,21,22)(H2,23,24,25). The van der Waals surface area contributed by atoms with Gasteiger partial charge in [-0.3, -0.25) is 0 Å². The predicted octanol–water partition coefficient (Wildman–Crippen LogP) is 5.03. The van der Waals surface area contributed by atoms with E-state index in [0.29, 0.717) is 5.69 Å². The van der Waals surface area contributed by atoms with Gasteiger partial charge < -0.3 is 16.0 Å². The molecule has 1 heterocycles. The van der Waals surface area contributed by atoms with Gasteiger partial charge >= 0.3 is 6.03 Å². The molecule has 0 aliphatic heterocycles. The number of anilines is 4. The normalized spacial score (nSPS) is 10.1. The molecule has 3 aromatic rings. The van der Waals surface area contributed by atoms with Gasteiger partial charge in [-0.2, -0.15) is 0 Å². The number of nitrogens with zero attached hydrogens (tertiary/aromatic N) is 1. The maximum atomic E-state index is 12.0.